The minimum absolute atomic E-state index is 0.184. The molecule has 0 aliphatic carbocycles. The largest absolute Gasteiger partial charge is 0.423 e. The van der Waals surface area contributed by atoms with Crippen LogP contribution in [0, 0.1) is 19.7 Å². The third-order valence-corrected chi connectivity index (χ3v) is 4.51. The number of aryl methyl sites for hydroxylation is 2. The molecule has 5 nitrogen and oxygen atoms in total. The zero-order valence-corrected chi connectivity index (χ0v) is 15.6. The summed E-state index contributed by atoms with van der Waals surface area (Å²) in [6.07, 6.45) is 0. The summed E-state index contributed by atoms with van der Waals surface area (Å²) in [6.45, 7) is 4.65. The maximum Gasteiger partial charge on any atom is 0.336 e. The van der Waals surface area contributed by atoms with E-state index < -0.39 is 11.4 Å². The van der Waals surface area contributed by atoms with Crippen LogP contribution in [0.3, 0.4) is 0 Å². The number of likely N-dealkylation sites (N-methyl/N-ethyl adjacent to an activating group) is 1. The van der Waals surface area contributed by atoms with Crippen molar-refractivity contribution in [3.63, 3.8) is 0 Å². The van der Waals surface area contributed by atoms with Gasteiger partial charge in [-0.05, 0) is 55.3 Å². The molecule has 0 aliphatic heterocycles. The van der Waals surface area contributed by atoms with E-state index in [9.17, 15) is 14.0 Å². The van der Waals surface area contributed by atoms with E-state index in [1.165, 1.54) is 18.2 Å². The summed E-state index contributed by atoms with van der Waals surface area (Å²) in [7, 11) is 1.87. The highest BCUT2D eigenvalue weighted by atomic mass is 19.1. The Labute approximate surface area is 156 Å². The van der Waals surface area contributed by atoms with Gasteiger partial charge in [0.1, 0.15) is 17.9 Å². The highest BCUT2D eigenvalue weighted by Crippen LogP contribution is 2.21. The van der Waals surface area contributed by atoms with Crippen LogP contribution in [-0.2, 0) is 11.3 Å². The molecule has 3 aromatic rings. The molecule has 27 heavy (non-hydrogen) atoms. The molecule has 0 saturated carbocycles. The Morgan fingerprint density at radius 2 is 1.89 bits per heavy atom. The molecule has 0 radical (unpaired) electrons. The Balaban J connectivity index is 1.75. The van der Waals surface area contributed by atoms with Crippen molar-refractivity contribution in [1.82, 2.24) is 0 Å². The monoisotopic (exact) mass is 369 g/mol. The van der Waals surface area contributed by atoms with Crippen molar-refractivity contribution < 1.29 is 18.5 Å². The van der Waals surface area contributed by atoms with E-state index in [1.54, 1.807) is 12.1 Å². The Bertz CT molecular complexity index is 1060. The Morgan fingerprint density at radius 1 is 1.15 bits per heavy atom. The van der Waals surface area contributed by atoms with Gasteiger partial charge in [-0.3, -0.25) is 4.79 Å². The highest BCUT2D eigenvalue weighted by Gasteiger charge is 2.15. The lowest BCUT2D eigenvalue weighted by molar-refractivity contribution is -0.885. The van der Waals surface area contributed by atoms with Crippen LogP contribution in [-0.4, -0.2) is 19.5 Å². The summed E-state index contributed by atoms with van der Waals surface area (Å²) in [6, 6.07) is 11.1. The summed E-state index contributed by atoms with van der Waals surface area (Å²) < 4.78 is 18.5. The van der Waals surface area contributed by atoms with Crippen LogP contribution in [0.25, 0.3) is 11.0 Å². The van der Waals surface area contributed by atoms with Crippen LogP contribution in [0.15, 0.2) is 51.7 Å². The van der Waals surface area contributed by atoms with Gasteiger partial charge < -0.3 is 14.6 Å². The maximum atomic E-state index is 13.2. The summed E-state index contributed by atoms with van der Waals surface area (Å²) in [5.74, 6) is -0.626. The van der Waals surface area contributed by atoms with E-state index in [-0.39, 0.29) is 12.5 Å². The Kier molecular flexibility index (Phi) is 5.37. The second kappa shape index (κ2) is 7.72. The molecule has 0 fully saturated rings. The number of hydrogen-bond acceptors (Lipinski definition) is 3. The van der Waals surface area contributed by atoms with Crippen molar-refractivity contribution in [3.8, 4) is 0 Å². The first-order chi connectivity index (χ1) is 12.8. The summed E-state index contributed by atoms with van der Waals surface area (Å²) in [5.41, 5.74) is 3.57. The van der Waals surface area contributed by atoms with Gasteiger partial charge in [0.2, 0.25) is 0 Å². The highest BCUT2D eigenvalue weighted by molar-refractivity contribution is 5.91. The number of carbonyl (C=O) groups is 1. The molecule has 140 valence electrons. The average molecular weight is 369 g/mol. The third kappa shape index (κ3) is 4.60. The van der Waals surface area contributed by atoms with Crippen molar-refractivity contribution in [2.45, 2.75) is 20.4 Å². The molecule has 3 rings (SSSR count). The van der Waals surface area contributed by atoms with Gasteiger partial charge in [-0.1, -0.05) is 6.07 Å². The van der Waals surface area contributed by atoms with Gasteiger partial charge in [0.25, 0.3) is 5.91 Å². The lowest BCUT2D eigenvalue weighted by atomic mass is 10.0. The first kappa shape index (κ1) is 18.8. The Morgan fingerprint density at radius 3 is 2.63 bits per heavy atom. The fourth-order valence-corrected chi connectivity index (χ4v) is 3.06. The molecule has 0 aliphatic rings. The summed E-state index contributed by atoms with van der Waals surface area (Å²) in [5, 5.41) is 3.56. The molecule has 2 N–H and O–H groups in total. The van der Waals surface area contributed by atoms with Crippen LogP contribution in [0.2, 0.25) is 0 Å². The number of fused-ring (bicyclic) bond motifs is 1. The number of quaternary nitrogens is 1. The number of benzene rings is 2. The average Bonchev–Trinajstić information content (AvgIpc) is 2.56. The zero-order valence-electron chi connectivity index (χ0n) is 15.6. The smallest absolute Gasteiger partial charge is 0.336 e. The quantitative estimate of drug-likeness (QED) is 0.678. The molecular weight excluding hydrogens is 347 g/mol. The van der Waals surface area contributed by atoms with E-state index in [2.05, 4.69) is 5.32 Å². The fraction of sp³-hybridized carbons (Fsp3) is 0.238. The van der Waals surface area contributed by atoms with Crippen molar-refractivity contribution in [2.24, 2.45) is 0 Å². The van der Waals surface area contributed by atoms with Gasteiger partial charge in [-0.25, -0.2) is 9.18 Å². The predicted molar refractivity (Wildman–Crippen MR) is 102 cm³/mol. The molecule has 1 aromatic heterocycles. The van der Waals surface area contributed by atoms with E-state index >= 15 is 0 Å². The van der Waals surface area contributed by atoms with Crippen LogP contribution in [0.1, 0.15) is 16.7 Å². The maximum absolute atomic E-state index is 13.2. The molecule has 2 aromatic carbocycles. The third-order valence-electron chi connectivity index (χ3n) is 4.51. The van der Waals surface area contributed by atoms with Crippen LogP contribution in [0.4, 0.5) is 10.1 Å². The molecule has 6 heteroatoms. The van der Waals surface area contributed by atoms with E-state index in [0.717, 1.165) is 27.0 Å². The number of carbonyl (C=O) groups excluding carboxylic acids is 1. The van der Waals surface area contributed by atoms with Crippen LogP contribution < -0.4 is 15.8 Å². The van der Waals surface area contributed by atoms with Crippen molar-refractivity contribution >= 4 is 22.6 Å². The molecule has 1 amide bonds. The number of rotatable bonds is 5. The number of anilines is 1. The first-order valence-corrected chi connectivity index (χ1v) is 8.72. The van der Waals surface area contributed by atoms with Crippen LogP contribution in [0.5, 0.6) is 0 Å². The van der Waals surface area contributed by atoms with Gasteiger partial charge in [-0.15, -0.1) is 0 Å². The van der Waals surface area contributed by atoms with E-state index in [1.807, 2.05) is 33.0 Å². The number of nitrogens with one attached hydrogen (secondary N) is 2. The Hall–Kier alpha value is -2.99. The summed E-state index contributed by atoms with van der Waals surface area (Å²) in [4.78, 5) is 25.0. The first-order valence-electron chi connectivity index (χ1n) is 8.72. The van der Waals surface area contributed by atoms with Crippen molar-refractivity contribution in [2.75, 3.05) is 18.9 Å². The predicted octanol–water partition coefficient (Wildman–Crippen LogP) is 2.20. The van der Waals surface area contributed by atoms with Gasteiger partial charge in [0, 0.05) is 22.7 Å². The van der Waals surface area contributed by atoms with Gasteiger partial charge in [-0.2, -0.15) is 0 Å². The SMILES string of the molecule is Cc1cc2oc(=O)cc(C[NH+](C)CC(=O)Nc3cccc(F)c3)c2cc1C. The minimum Gasteiger partial charge on any atom is -0.423 e. The molecular formula is C21H22FN2O3+. The molecule has 0 bridgehead atoms. The number of hydrogen-bond donors (Lipinski definition) is 2. The number of amides is 1. The topological polar surface area (TPSA) is 63.8 Å². The molecule has 1 heterocycles. The lowest BCUT2D eigenvalue weighted by Crippen LogP contribution is -3.08. The standard InChI is InChI=1S/C21H21FN2O3/c1-13-7-18-15(9-21(26)27-19(18)8-14(13)2)11-24(3)12-20(25)23-17-6-4-5-16(22)10-17/h4-10H,11-12H2,1-3H3,(H,23,25)/p+1. The van der Waals surface area contributed by atoms with Crippen molar-refractivity contribution in [1.29, 1.82) is 0 Å². The lowest BCUT2D eigenvalue weighted by Gasteiger charge is -2.15. The second-order valence-corrected chi connectivity index (χ2v) is 6.89. The zero-order chi connectivity index (χ0) is 19.6. The second-order valence-electron chi connectivity index (χ2n) is 6.89. The van der Waals surface area contributed by atoms with Crippen molar-refractivity contribution in [3.05, 3.63) is 75.4 Å². The normalized spacial score (nSPS) is 12.1. The molecule has 0 spiro atoms. The van der Waals surface area contributed by atoms with E-state index in [0.29, 0.717) is 17.8 Å². The van der Waals surface area contributed by atoms with E-state index in [4.69, 9.17) is 4.42 Å². The minimum atomic E-state index is -0.405. The van der Waals surface area contributed by atoms with Gasteiger partial charge in [0.05, 0.1) is 7.05 Å². The van der Waals surface area contributed by atoms with Crippen LogP contribution >= 0.6 is 0 Å². The fourth-order valence-electron chi connectivity index (χ4n) is 3.06. The molecule has 1 atom stereocenters. The van der Waals surface area contributed by atoms with Gasteiger partial charge in [0.15, 0.2) is 6.54 Å². The molecule has 0 saturated heterocycles. The molecule has 1 unspecified atom stereocenters. The summed E-state index contributed by atoms with van der Waals surface area (Å²) >= 11 is 0. The number of halogens is 1. The van der Waals surface area contributed by atoms with Gasteiger partial charge >= 0.3 is 5.63 Å².